The highest BCUT2D eigenvalue weighted by molar-refractivity contribution is 6.30. The summed E-state index contributed by atoms with van der Waals surface area (Å²) >= 11 is 5.88. The van der Waals surface area contributed by atoms with Gasteiger partial charge in [-0.25, -0.2) is 4.68 Å². The fourth-order valence-electron chi connectivity index (χ4n) is 1.91. The maximum absolute atomic E-state index is 5.88. The van der Waals surface area contributed by atoms with E-state index in [1.54, 1.807) is 0 Å². The molecular formula is C15H20ClN3. The standard InChI is InChI=1S/C15H20ClN3/c1-12(2)17-9-3-4-13-10-18-19(11-13)15-7-5-14(16)6-8-15/h5-8,10-12,17H,3-4,9H2,1-2H3. The lowest BCUT2D eigenvalue weighted by Gasteiger charge is -2.06. The average Bonchev–Trinajstić information content (AvgIpc) is 2.84. The van der Waals surface area contributed by atoms with Gasteiger partial charge < -0.3 is 5.32 Å². The molecule has 0 bridgehead atoms. The van der Waals surface area contributed by atoms with Crippen molar-refractivity contribution < 1.29 is 0 Å². The van der Waals surface area contributed by atoms with Gasteiger partial charge in [-0.15, -0.1) is 0 Å². The largest absolute Gasteiger partial charge is 0.315 e. The maximum Gasteiger partial charge on any atom is 0.0646 e. The number of benzene rings is 1. The highest BCUT2D eigenvalue weighted by atomic mass is 35.5. The molecule has 0 amide bonds. The van der Waals surface area contributed by atoms with E-state index in [9.17, 15) is 0 Å². The molecule has 102 valence electrons. The molecule has 19 heavy (non-hydrogen) atoms. The number of hydrogen-bond donors (Lipinski definition) is 1. The van der Waals surface area contributed by atoms with Gasteiger partial charge in [-0.1, -0.05) is 25.4 Å². The minimum absolute atomic E-state index is 0.553. The van der Waals surface area contributed by atoms with Crippen LogP contribution in [0.5, 0.6) is 0 Å². The van der Waals surface area contributed by atoms with Crippen LogP contribution in [0.2, 0.25) is 5.02 Å². The number of hydrogen-bond acceptors (Lipinski definition) is 2. The predicted octanol–water partition coefficient (Wildman–Crippen LogP) is 3.46. The Morgan fingerprint density at radius 3 is 2.68 bits per heavy atom. The van der Waals surface area contributed by atoms with Crippen molar-refractivity contribution in [3.63, 3.8) is 0 Å². The van der Waals surface area contributed by atoms with Crippen molar-refractivity contribution in [1.29, 1.82) is 0 Å². The molecule has 0 aliphatic heterocycles. The van der Waals surface area contributed by atoms with Crippen molar-refractivity contribution in [2.24, 2.45) is 0 Å². The van der Waals surface area contributed by atoms with Crippen molar-refractivity contribution >= 4 is 11.6 Å². The molecule has 1 aromatic carbocycles. The van der Waals surface area contributed by atoms with E-state index in [-0.39, 0.29) is 0 Å². The third-order valence-corrected chi connectivity index (χ3v) is 3.17. The van der Waals surface area contributed by atoms with Crippen LogP contribution in [0.15, 0.2) is 36.7 Å². The molecule has 3 nitrogen and oxygen atoms in total. The van der Waals surface area contributed by atoms with Crippen LogP contribution in [-0.4, -0.2) is 22.4 Å². The molecule has 4 heteroatoms. The Kier molecular flexibility index (Phi) is 5.00. The SMILES string of the molecule is CC(C)NCCCc1cnn(-c2ccc(Cl)cc2)c1. The Bertz CT molecular complexity index is 502. The monoisotopic (exact) mass is 277 g/mol. The van der Waals surface area contributed by atoms with Crippen LogP contribution < -0.4 is 5.32 Å². The van der Waals surface area contributed by atoms with Crippen LogP contribution in [0, 0.1) is 0 Å². The van der Waals surface area contributed by atoms with Gasteiger partial charge in [0, 0.05) is 17.3 Å². The van der Waals surface area contributed by atoms with Gasteiger partial charge in [-0.05, 0) is 49.2 Å². The summed E-state index contributed by atoms with van der Waals surface area (Å²) in [5.74, 6) is 0. The smallest absolute Gasteiger partial charge is 0.0646 e. The number of rotatable bonds is 6. The molecule has 0 saturated carbocycles. The molecule has 0 spiro atoms. The van der Waals surface area contributed by atoms with E-state index in [1.165, 1.54) is 5.56 Å². The summed E-state index contributed by atoms with van der Waals surface area (Å²) in [7, 11) is 0. The molecule has 0 fully saturated rings. The van der Waals surface area contributed by atoms with Crippen LogP contribution in [0.4, 0.5) is 0 Å². The van der Waals surface area contributed by atoms with Gasteiger partial charge in [-0.3, -0.25) is 0 Å². The summed E-state index contributed by atoms with van der Waals surface area (Å²) in [6, 6.07) is 8.26. The van der Waals surface area contributed by atoms with Crippen LogP contribution in [0.3, 0.4) is 0 Å². The highest BCUT2D eigenvalue weighted by Gasteiger charge is 2.01. The zero-order valence-corrected chi connectivity index (χ0v) is 12.2. The van der Waals surface area contributed by atoms with Gasteiger partial charge in [0.2, 0.25) is 0 Å². The molecule has 1 heterocycles. The van der Waals surface area contributed by atoms with Crippen LogP contribution in [-0.2, 0) is 6.42 Å². The van der Waals surface area contributed by atoms with Gasteiger partial charge >= 0.3 is 0 Å². The highest BCUT2D eigenvalue weighted by Crippen LogP contribution is 2.13. The van der Waals surface area contributed by atoms with E-state index in [1.807, 2.05) is 35.1 Å². The van der Waals surface area contributed by atoms with Gasteiger partial charge in [0.15, 0.2) is 0 Å². The second-order valence-corrected chi connectivity index (χ2v) is 5.42. The zero-order chi connectivity index (χ0) is 13.7. The van der Waals surface area contributed by atoms with Crippen LogP contribution in [0.25, 0.3) is 5.69 Å². The summed E-state index contributed by atoms with van der Waals surface area (Å²) in [4.78, 5) is 0. The summed E-state index contributed by atoms with van der Waals surface area (Å²) in [5.41, 5.74) is 2.30. The van der Waals surface area contributed by atoms with Crippen molar-refractivity contribution in [2.75, 3.05) is 6.54 Å². The maximum atomic E-state index is 5.88. The topological polar surface area (TPSA) is 29.9 Å². The number of aromatic nitrogens is 2. The quantitative estimate of drug-likeness (QED) is 0.820. The first-order valence-electron chi connectivity index (χ1n) is 6.68. The third kappa shape index (κ3) is 4.37. The van der Waals surface area contributed by atoms with E-state index >= 15 is 0 Å². The number of halogens is 1. The molecule has 1 aromatic heterocycles. The first-order valence-corrected chi connectivity index (χ1v) is 7.06. The lowest BCUT2D eigenvalue weighted by Crippen LogP contribution is -2.23. The first kappa shape index (κ1) is 14.1. The lowest BCUT2D eigenvalue weighted by atomic mass is 10.2. The predicted molar refractivity (Wildman–Crippen MR) is 80.0 cm³/mol. The molecule has 0 aliphatic rings. The van der Waals surface area contributed by atoms with Gasteiger partial charge in [0.05, 0.1) is 11.9 Å². The Balaban J connectivity index is 1.90. The number of nitrogens with one attached hydrogen (secondary N) is 1. The van der Waals surface area contributed by atoms with Gasteiger partial charge in [0.1, 0.15) is 0 Å². The fraction of sp³-hybridized carbons (Fsp3) is 0.400. The molecule has 0 unspecified atom stereocenters. The summed E-state index contributed by atoms with van der Waals surface area (Å²) in [6.07, 6.45) is 6.19. The second kappa shape index (κ2) is 6.73. The van der Waals surface area contributed by atoms with Crippen molar-refractivity contribution in [3.05, 3.63) is 47.2 Å². The number of aryl methyl sites for hydroxylation is 1. The Morgan fingerprint density at radius 1 is 1.26 bits per heavy atom. The van der Waals surface area contributed by atoms with E-state index < -0.39 is 0 Å². The Hall–Kier alpha value is -1.32. The molecule has 0 radical (unpaired) electrons. The summed E-state index contributed by atoms with van der Waals surface area (Å²) < 4.78 is 1.89. The normalized spacial score (nSPS) is 11.2. The molecule has 0 aliphatic carbocycles. The second-order valence-electron chi connectivity index (χ2n) is 4.98. The lowest BCUT2D eigenvalue weighted by molar-refractivity contribution is 0.570. The van der Waals surface area contributed by atoms with E-state index in [4.69, 9.17) is 11.6 Å². The van der Waals surface area contributed by atoms with Crippen molar-refractivity contribution in [3.8, 4) is 5.69 Å². The number of nitrogens with zero attached hydrogens (tertiary/aromatic N) is 2. The molecule has 0 saturated heterocycles. The van der Waals surface area contributed by atoms with Gasteiger partial charge in [-0.2, -0.15) is 5.10 Å². The molecule has 0 atom stereocenters. The molecule has 2 aromatic rings. The van der Waals surface area contributed by atoms with E-state index in [0.717, 1.165) is 30.1 Å². The first-order chi connectivity index (χ1) is 9.15. The fourth-order valence-corrected chi connectivity index (χ4v) is 2.03. The minimum Gasteiger partial charge on any atom is -0.315 e. The average molecular weight is 278 g/mol. The summed E-state index contributed by atoms with van der Waals surface area (Å²) in [6.45, 7) is 5.38. The third-order valence-electron chi connectivity index (χ3n) is 2.92. The Morgan fingerprint density at radius 2 is 2.00 bits per heavy atom. The minimum atomic E-state index is 0.553. The van der Waals surface area contributed by atoms with Crippen molar-refractivity contribution in [2.45, 2.75) is 32.7 Å². The van der Waals surface area contributed by atoms with E-state index in [2.05, 4.69) is 30.5 Å². The summed E-state index contributed by atoms with van der Waals surface area (Å²) in [5, 5.41) is 8.55. The van der Waals surface area contributed by atoms with E-state index in [0.29, 0.717) is 6.04 Å². The molecule has 2 rings (SSSR count). The molecular weight excluding hydrogens is 258 g/mol. The van der Waals surface area contributed by atoms with Gasteiger partial charge in [0.25, 0.3) is 0 Å². The zero-order valence-electron chi connectivity index (χ0n) is 11.4. The van der Waals surface area contributed by atoms with Crippen LogP contribution >= 0.6 is 11.6 Å². The van der Waals surface area contributed by atoms with Crippen LogP contribution in [0.1, 0.15) is 25.8 Å². The van der Waals surface area contributed by atoms with Crippen molar-refractivity contribution in [1.82, 2.24) is 15.1 Å². The Labute approximate surface area is 119 Å². The molecule has 1 N–H and O–H groups in total.